The lowest BCUT2D eigenvalue weighted by molar-refractivity contribution is -0.142. The number of nitrogens with zero attached hydrogens (tertiary/aromatic N) is 4. The molecule has 5 N–H and O–H groups in total. The summed E-state index contributed by atoms with van der Waals surface area (Å²) in [5, 5.41) is 40.6. The average Bonchev–Trinajstić information content (AvgIpc) is 3.37. The van der Waals surface area contributed by atoms with E-state index >= 15 is 0 Å². The molecule has 1 atom stereocenters. The Balaban J connectivity index is 1.80. The maximum Gasteiger partial charge on any atom is 0.326 e. The third-order valence-corrected chi connectivity index (χ3v) is 6.35. The van der Waals surface area contributed by atoms with E-state index in [-0.39, 0.29) is 19.0 Å². The van der Waals surface area contributed by atoms with Crippen LogP contribution in [0, 0.1) is 0 Å². The molecule has 1 heterocycles. The van der Waals surface area contributed by atoms with Gasteiger partial charge in [0.1, 0.15) is 6.04 Å². The van der Waals surface area contributed by atoms with Crippen LogP contribution in [0.1, 0.15) is 56.2 Å². The van der Waals surface area contributed by atoms with Gasteiger partial charge in [-0.3, -0.25) is 23.5 Å². The van der Waals surface area contributed by atoms with E-state index in [9.17, 15) is 33.5 Å². The van der Waals surface area contributed by atoms with Crippen molar-refractivity contribution in [3.8, 4) is 0 Å². The summed E-state index contributed by atoms with van der Waals surface area (Å²) < 4.78 is 14.0. The molecule has 0 aliphatic heterocycles. The lowest BCUT2D eigenvalue weighted by atomic mass is 10.0. The van der Waals surface area contributed by atoms with Crippen LogP contribution in [-0.4, -0.2) is 90.9 Å². The first-order chi connectivity index (χ1) is 20.0. The van der Waals surface area contributed by atoms with E-state index in [1.54, 1.807) is 35.1 Å². The van der Waals surface area contributed by atoms with Crippen LogP contribution < -0.4 is 10.6 Å². The first-order valence-corrected chi connectivity index (χ1v) is 13.5. The van der Waals surface area contributed by atoms with E-state index in [1.807, 2.05) is 0 Å². The summed E-state index contributed by atoms with van der Waals surface area (Å²) in [5.41, 5.74) is 1.84. The summed E-state index contributed by atoms with van der Waals surface area (Å²) in [6.45, 7) is 0.269. The second-order valence-electron chi connectivity index (χ2n) is 9.83. The predicted octanol–water partition coefficient (Wildman–Crippen LogP) is 2.33. The number of unbranched alkanes of at least 4 members (excludes halogenated alkanes) is 2. The van der Waals surface area contributed by atoms with Gasteiger partial charge in [0.25, 0.3) is 0 Å². The Labute approximate surface area is 241 Å². The van der Waals surface area contributed by atoms with E-state index in [4.69, 9.17) is 10.2 Å². The highest BCUT2D eigenvalue weighted by Crippen LogP contribution is 2.15. The molecule has 3 amide bonds. The van der Waals surface area contributed by atoms with Crippen molar-refractivity contribution in [2.75, 3.05) is 19.0 Å². The topological polar surface area (TPSA) is 204 Å². The number of carboxylic acids is 3. The number of urea groups is 1. The summed E-state index contributed by atoms with van der Waals surface area (Å²) in [5.74, 6) is -4.10. The Morgan fingerprint density at radius 2 is 1.64 bits per heavy atom. The fourth-order valence-corrected chi connectivity index (χ4v) is 4.12. The van der Waals surface area contributed by atoms with Gasteiger partial charge in [0.05, 0.1) is 31.3 Å². The highest BCUT2D eigenvalue weighted by atomic mass is 19.1. The molecule has 0 spiro atoms. The van der Waals surface area contributed by atoms with Crippen LogP contribution in [0.3, 0.4) is 0 Å². The maximum absolute atomic E-state index is 12.6. The lowest BCUT2D eigenvalue weighted by Gasteiger charge is -2.27. The van der Waals surface area contributed by atoms with Crippen LogP contribution in [0.15, 0.2) is 30.5 Å². The summed E-state index contributed by atoms with van der Waals surface area (Å²) in [7, 11) is 1.22. The monoisotopic (exact) mass is 592 g/mol. The van der Waals surface area contributed by atoms with E-state index in [1.165, 1.54) is 7.05 Å². The summed E-state index contributed by atoms with van der Waals surface area (Å²) >= 11 is 0. The number of carbonyl (C=O) groups excluding carboxylic acids is 2. The van der Waals surface area contributed by atoms with E-state index in [0.717, 1.165) is 23.4 Å². The summed E-state index contributed by atoms with van der Waals surface area (Å²) in [6.07, 6.45) is 4.02. The number of rotatable bonds is 19. The van der Waals surface area contributed by atoms with Gasteiger partial charge in [-0.2, -0.15) is 0 Å². The standard InChI is InChI=1S/C27H37FN6O8/c1-33(27(42)30-21(15-24(36)37)16-25(38)39)22(26(40)41)14-18-8-10-19(11-9-18)29-23(35)7-3-2-4-13-34-17-20(31-32-34)6-5-12-28/h8-11,17,21-22H,2-7,12-16H2,1H3,(H,29,35)(H,30,42)(H,36,37)(H,38,39)(H,40,41)/t22-/m0/s1. The number of nitrogens with one attached hydrogen (secondary N) is 2. The molecule has 14 nitrogen and oxygen atoms in total. The van der Waals surface area contributed by atoms with Gasteiger partial charge in [0.15, 0.2) is 0 Å². The number of amides is 3. The van der Waals surface area contributed by atoms with Gasteiger partial charge >= 0.3 is 23.9 Å². The van der Waals surface area contributed by atoms with Crippen molar-refractivity contribution in [2.45, 2.75) is 76.4 Å². The van der Waals surface area contributed by atoms with Gasteiger partial charge in [0, 0.05) is 38.3 Å². The predicted molar refractivity (Wildman–Crippen MR) is 148 cm³/mol. The van der Waals surface area contributed by atoms with Crippen molar-refractivity contribution in [1.29, 1.82) is 0 Å². The smallest absolute Gasteiger partial charge is 0.326 e. The molecule has 0 saturated heterocycles. The molecule has 0 fully saturated rings. The van der Waals surface area contributed by atoms with Gasteiger partial charge in [-0.05, 0) is 43.4 Å². The molecule has 2 aromatic rings. The zero-order valence-electron chi connectivity index (χ0n) is 23.4. The number of hydrogen-bond donors (Lipinski definition) is 5. The fourth-order valence-electron chi connectivity index (χ4n) is 4.12. The minimum Gasteiger partial charge on any atom is -0.481 e. The number of hydrogen-bond acceptors (Lipinski definition) is 7. The zero-order valence-corrected chi connectivity index (χ0v) is 23.4. The Kier molecular flexibility index (Phi) is 13.9. The highest BCUT2D eigenvalue weighted by molar-refractivity contribution is 5.90. The van der Waals surface area contributed by atoms with Crippen LogP contribution in [0.25, 0.3) is 0 Å². The van der Waals surface area contributed by atoms with Crippen molar-refractivity contribution < 1.29 is 43.7 Å². The number of benzene rings is 1. The molecule has 1 aromatic carbocycles. The van der Waals surface area contributed by atoms with E-state index in [0.29, 0.717) is 43.5 Å². The van der Waals surface area contributed by atoms with Gasteiger partial charge in [-0.1, -0.05) is 23.8 Å². The van der Waals surface area contributed by atoms with Crippen LogP contribution >= 0.6 is 0 Å². The zero-order chi connectivity index (χ0) is 31.1. The second kappa shape index (κ2) is 17.3. The SMILES string of the molecule is CN(C(=O)NC(CC(=O)O)CC(=O)O)[C@@H](Cc1ccc(NC(=O)CCCCCn2cc(CCCF)nn2)cc1)C(=O)O. The van der Waals surface area contributed by atoms with Gasteiger partial charge in [-0.15, -0.1) is 5.10 Å². The van der Waals surface area contributed by atoms with Crippen LogP contribution in [0.4, 0.5) is 14.9 Å². The molecule has 2 rings (SSSR count). The number of anilines is 1. The quantitative estimate of drug-likeness (QED) is 0.151. The van der Waals surface area contributed by atoms with Crippen molar-refractivity contribution in [2.24, 2.45) is 0 Å². The Morgan fingerprint density at radius 3 is 2.24 bits per heavy atom. The molecule has 0 aliphatic rings. The number of carbonyl (C=O) groups is 5. The molecule has 15 heteroatoms. The summed E-state index contributed by atoms with van der Waals surface area (Å²) in [6, 6.07) is 3.02. The maximum atomic E-state index is 12.6. The molecular weight excluding hydrogens is 555 g/mol. The average molecular weight is 593 g/mol. The first kappa shape index (κ1) is 33.6. The largest absolute Gasteiger partial charge is 0.481 e. The molecule has 42 heavy (non-hydrogen) atoms. The normalized spacial score (nSPS) is 11.6. The van der Waals surface area contributed by atoms with Crippen molar-refractivity contribution in [3.05, 3.63) is 41.7 Å². The number of halogens is 1. The molecule has 0 aliphatic carbocycles. The number of alkyl halides is 1. The number of aryl methyl sites for hydroxylation is 2. The fraction of sp³-hybridized carbons (Fsp3) is 0.519. The van der Waals surface area contributed by atoms with E-state index in [2.05, 4.69) is 20.9 Å². The van der Waals surface area contributed by atoms with Gasteiger partial charge in [-0.25, -0.2) is 9.59 Å². The van der Waals surface area contributed by atoms with Gasteiger partial charge < -0.3 is 30.9 Å². The number of aliphatic carboxylic acids is 3. The minimum absolute atomic E-state index is 0.0842. The van der Waals surface area contributed by atoms with Crippen molar-refractivity contribution in [3.63, 3.8) is 0 Å². The molecule has 0 unspecified atom stereocenters. The molecular formula is C27H37FN6O8. The lowest BCUT2D eigenvalue weighted by Crippen LogP contribution is -2.51. The Hall–Kier alpha value is -4.56. The second-order valence-corrected chi connectivity index (χ2v) is 9.83. The van der Waals surface area contributed by atoms with E-state index < -0.39 is 48.9 Å². The van der Waals surface area contributed by atoms with Crippen LogP contribution in [0.2, 0.25) is 0 Å². The van der Waals surface area contributed by atoms with Crippen LogP contribution in [0.5, 0.6) is 0 Å². The van der Waals surface area contributed by atoms with Gasteiger partial charge in [0.2, 0.25) is 5.91 Å². The molecule has 230 valence electrons. The molecule has 0 bridgehead atoms. The highest BCUT2D eigenvalue weighted by Gasteiger charge is 2.29. The van der Waals surface area contributed by atoms with Crippen LogP contribution in [-0.2, 0) is 38.6 Å². The first-order valence-electron chi connectivity index (χ1n) is 13.5. The summed E-state index contributed by atoms with van der Waals surface area (Å²) in [4.78, 5) is 59.6. The number of likely N-dealkylation sites (N-methyl/N-ethyl adjacent to an activating group) is 1. The minimum atomic E-state index is -1.32. The number of carboxylic acid groups (broad SMARTS) is 3. The Morgan fingerprint density at radius 1 is 0.976 bits per heavy atom. The molecule has 1 aromatic heterocycles. The Bertz CT molecular complexity index is 1190. The molecule has 0 radical (unpaired) electrons. The third kappa shape index (κ3) is 12.3. The molecule has 0 saturated carbocycles. The third-order valence-electron chi connectivity index (χ3n) is 6.35. The van der Waals surface area contributed by atoms with Crippen molar-refractivity contribution >= 4 is 35.5 Å². The number of aromatic nitrogens is 3. The van der Waals surface area contributed by atoms with Crippen molar-refractivity contribution in [1.82, 2.24) is 25.2 Å².